The molecule has 0 unspecified atom stereocenters. The molecule has 2 heterocycles. The molecule has 0 radical (unpaired) electrons. The number of carbonyl (C=O) groups is 1. The summed E-state index contributed by atoms with van der Waals surface area (Å²) >= 11 is 0. The van der Waals surface area contributed by atoms with Gasteiger partial charge in [-0.3, -0.25) is 4.57 Å². The second-order valence-corrected chi connectivity index (χ2v) is 5.10. The lowest BCUT2D eigenvalue weighted by Crippen LogP contribution is -2.12. The van der Waals surface area contributed by atoms with Crippen molar-refractivity contribution in [3.8, 4) is 17.5 Å². The summed E-state index contributed by atoms with van der Waals surface area (Å²) in [6.45, 7) is 0. The molecule has 2 aromatic heterocycles. The minimum Gasteiger partial charge on any atom is -0.497 e. The van der Waals surface area contributed by atoms with Gasteiger partial charge in [-0.1, -0.05) is 0 Å². The summed E-state index contributed by atoms with van der Waals surface area (Å²) in [7, 11) is 2.76. The fraction of sp³-hybridized carbons (Fsp3) is 0.118. The summed E-state index contributed by atoms with van der Waals surface area (Å²) < 4.78 is 11.5. The Morgan fingerprint density at radius 3 is 2.54 bits per heavy atom. The third kappa shape index (κ3) is 2.80. The maximum absolute atomic E-state index is 11.7. The second-order valence-electron chi connectivity index (χ2n) is 5.10. The molecule has 9 heteroatoms. The topological polar surface area (TPSA) is 129 Å². The van der Waals surface area contributed by atoms with Crippen LogP contribution in [0.2, 0.25) is 0 Å². The van der Waals surface area contributed by atoms with Gasteiger partial charge < -0.3 is 15.2 Å². The molecule has 0 saturated heterocycles. The predicted molar refractivity (Wildman–Crippen MR) is 91.9 cm³/mol. The highest BCUT2D eigenvalue weighted by atomic mass is 16.5. The largest absolute Gasteiger partial charge is 0.497 e. The van der Waals surface area contributed by atoms with Gasteiger partial charge in [-0.25, -0.2) is 19.7 Å². The van der Waals surface area contributed by atoms with E-state index in [4.69, 9.17) is 10.5 Å². The van der Waals surface area contributed by atoms with Crippen molar-refractivity contribution in [2.75, 3.05) is 14.2 Å². The van der Waals surface area contributed by atoms with Crippen LogP contribution in [0.1, 0.15) is 5.69 Å². The molecule has 0 atom stereocenters. The summed E-state index contributed by atoms with van der Waals surface area (Å²) in [6.07, 6.45) is 2.85. The Hall–Kier alpha value is -3.93. The first-order chi connectivity index (χ1) is 12.6. The summed E-state index contributed by atoms with van der Waals surface area (Å²) in [6, 6.07) is 9.04. The normalized spacial score (nSPS) is 11.6. The van der Waals surface area contributed by atoms with Crippen molar-refractivity contribution in [2.24, 2.45) is 5.73 Å². The third-order valence-electron chi connectivity index (χ3n) is 3.71. The molecule has 130 valence electrons. The summed E-state index contributed by atoms with van der Waals surface area (Å²) in [5.41, 5.74) is 7.34. The minimum absolute atomic E-state index is 0.119. The van der Waals surface area contributed by atoms with Crippen LogP contribution >= 0.6 is 0 Å². The molecule has 0 amide bonds. The molecule has 2 N–H and O–H groups in total. The molecule has 3 rings (SSSR count). The van der Waals surface area contributed by atoms with E-state index in [0.717, 1.165) is 11.4 Å². The van der Waals surface area contributed by atoms with Crippen molar-refractivity contribution >= 4 is 22.8 Å². The number of benzene rings is 1. The monoisotopic (exact) mass is 350 g/mol. The molecule has 0 aliphatic heterocycles. The average Bonchev–Trinajstić information content (AvgIpc) is 3.12. The second kappa shape index (κ2) is 6.90. The van der Waals surface area contributed by atoms with Gasteiger partial charge in [-0.05, 0) is 24.3 Å². The minimum atomic E-state index is -0.841. The molecule has 26 heavy (non-hydrogen) atoms. The molecule has 0 spiro atoms. The molecule has 3 aromatic rings. The standard InChI is InChI=1S/C17H14N6O3/c1-25-11-5-3-10(4-6-11)23-9-22-15-14(20-8-21-16(15)23)13(19)12(7-18)17(24)26-2/h3-6,8-9H,19H2,1-2H3/b13-12-. The van der Waals surface area contributed by atoms with Gasteiger partial charge in [0.05, 0.1) is 19.9 Å². The number of carbonyl (C=O) groups excluding carboxylic acids is 1. The molecule has 9 nitrogen and oxygen atoms in total. The number of esters is 1. The van der Waals surface area contributed by atoms with Crippen molar-refractivity contribution in [3.05, 3.63) is 48.2 Å². The fourth-order valence-corrected chi connectivity index (χ4v) is 2.40. The number of nitriles is 1. The number of hydrogen-bond donors (Lipinski definition) is 1. The van der Waals surface area contributed by atoms with Crippen LogP contribution in [0.5, 0.6) is 5.75 Å². The van der Waals surface area contributed by atoms with Crippen molar-refractivity contribution in [3.63, 3.8) is 0 Å². The molecule has 0 saturated carbocycles. The highest BCUT2D eigenvalue weighted by Gasteiger charge is 2.20. The third-order valence-corrected chi connectivity index (χ3v) is 3.71. The van der Waals surface area contributed by atoms with E-state index < -0.39 is 5.97 Å². The quantitative estimate of drug-likeness (QED) is 0.422. The van der Waals surface area contributed by atoms with E-state index in [-0.39, 0.29) is 17.0 Å². The van der Waals surface area contributed by atoms with Crippen LogP contribution < -0.4 is 10.5 Å². The van der Waals surface area contributed by atoms with Gasteiger partial charge >= 0.3 is 5.97 Å². The van der Waals surface area contributed by atoms with E-state index >= 15 is 0 Å². The van der Waals surface area contributed by atoms with Gasteiger partial charge in [0.1, 0.15) is 35.7 Å². The van der Waals surface area contributed by atoms with Crippen LogP contribution in [0.3, 0.4) is 0 Å². The maximum Gasteiger partial charge on any atom is 0.350 e. The number of ether oxygens (including phenoxy) is 2. The Balaban J connectivity index is 2.16. The molecule has 0 aliphatic rings. The Labute approximate surface area is 148 Å². The van der Waals surface area contributed by atoms with Gasteiger partial charge in [0.25, 0.3) is 0 Å². The van der Waals surface area contributed by atoms with Crippen LogP contribution in [-0.2, 0) is 9.53 Å². The van der Waals surface area contributed by atoms with Gasteiger partial charge in [0.2, 0.25) is 0 Å². The Morgan fingerprint density at radius 1 is 1.19 bits per heavy atom. The average molecular weight is 350 g/mol. The zero-order valence-electron chi connectivity index (χ0n) is 14.0. The SMILES string of the molecule is COC(=O)/C(C#N)=C(\N)c1ncnc2c1ncn2-c1ccc(OC)cc1. The van der Waals surface area contributed by atoms with Gasteiger partial charge in [-0.2, -0.15) is 5.26 Å². The lowest BCUT2D eigenvalue weighted by Gasteiger charge is -2.07. The molecule has 1 aromatic carbocycles. The van der Waals surface area contributed by atoms with Crippen LogP contribution in [0, 0.1) is 11.3 Å². The van der Waals surface area contributed by atoms with Crippen molar-refractivity contribution < 1.29 is 14.3 Å². The molecular weight excluding hydrogens is 336 g/mol. The van der Waals surface area contributed by atoms with E-state index in [9.17, 15) is 10.1 Å². The van der Waals surface area contributed by atoms with E-state index in [1.54, 1.807) is 24.1 Å². The summed E-state index contributed by atoms with van der Waals surface area (Å²) in [5.74, 6) is -0.122. The number of methoxy groups -OCH3 is 2. The number of hydrogen-bond acceptors (Lipinski definition) is 8. The van der Waals surface area contributed by atoms with E-state index in [1.165, 1.54) is 13.4 Å². The number of rotatable bonds is 4. The fourth-order valence-electron chi connectivity index (χ4n) is 2.40. The predicted octanol–water partition coefficient (Wildman–Crippen LogP) is 1.19. The summed E-state index contributed by atoms with van der Waals surface area (Å²) in [5, 5.41) is 9.19. The van der Waals surface area contributed by atoms with E-state index in [1.807, 2.05) is 24.3 Å². The Bertz CT molecular complexity index is 1050. The van der Waals surface area contributed by atoms with Gasteiger partial charge in [0.15, 0.2) is 11.2 Å². The number of imidazole rings is 1. The first-order valence-corrected chi connectivity index (χ1v) is 7.41. The first-order valence-electron chi connectivity index (χ1n) is 7.41. The summed E-state index contributed by atoms with van der Waals surface area (Å²) in [4.78, 5) is 24.3. The van der Waals surface area contributed by atoms with Crippen LogP contribution in [0.15, 0.2) is 42.5 Å². The van der Waals surface area contributed by atoms with E-state index in [0.29, 0.717) is 11.2 Å². The lowest BCUT2D eigenvalue weighted by molar-refractivity contribution is -0.135. The van der Waals surface area contributed by atoms with Crippen LogP contribution in [-0.4, -0.2) is 39.7 Å². The maximum atomic E-state index is 11.7. The molecule has 0 bridgehead atoms. The van der Waals surface area contributed by atoms with Crippen LogP contribution in [0.25, 0.3) is 22.5 Å². The molecule has 0 fully saturated rings. The van der Waals surface area contributed by atoms with Crippen LogP contribution in [0.4, 0.5) is 0 Å². The number of nitrogens with zero attached hydrogens (tertiary/aromatic N) is 5. The van der Waals surface area contributed by atoms with Crippen molar-refractivity contribution in [1.82, 2.24) is 19.5 Å². The van der Waals surface area contributed by atoms with Crippen molar-refractivity contribution in [2.45, 2.75) is 0 Å². The van der Waals surface area contributed by atoms with Gasteiger partial charge in [0, 0.05) is 5.69 Å². The lowest BCUT2D eigenvalue weighted by atomic mass is 10.1. The zero-order chi connectivity index (χ0) is 18.7. The number of aromatic nitrogens is 4. The molecule has 0 aliphatic carbocycles. The Morgan fingerprint density at radius 2 is 1.92 bits per heavy atom. The smallest absolute Gasteiger partial charge is 0.350 e. The highest BCUT2D eigenvalue weighted by molar-refractivity contribution is 6.02. The highest BCUT2D eigenvalue weighted by Crippen LogP contribution is 2.23. The first kappa shape index (κ1) is 16.9. The number of nitrogens with two attached hydrogens (primary N) is 1. The van der Waals surface area contributed by atoms with E-state index in [2.05, 4.69) is 19.7 Å². The molecular formula is C17H14N6O3. The zero-order valence-corrected chi connectivity index (χ0v) is 14.0. The Kier molecular flexibility index (Phi) is 4.49. The number of fused-ring (bicyclic) bond motifs is 1. The van der Waals surface area contributed by atoms with Crippen molar-refractivity contribution in [1.29, 1.82) is 5.26 Å². The van der Waals surface area contributed by atoms with Gasteiger partial charge in [-0.15, -0.1) is 0 Å².